The molecule has 2 atom stereocenters. The van der Waals surface area contributed by atoms with Crippen molar-refractivity contribution in [2.75, 3.05) is 5.32 Å². The van der Waals surface area contributed by atoms with Crippen molar-refractivity contribution in [3.8, 4) is 0 Å². The van der Waals surface area contributed by atoms with Crippen LogP contribution in [0.25, 0.3) is 0 Å². The Labute approximate surface area is 176 Å². The molecule has 3 aromatic rings. The monoisotopic (exact) mass is 424 g/mol. The molecule has 0 aromatic heterocycles. The van der Waals surface area contributed by atoms with Crippen LogP contribution >= 0.6 is 0 Å². The van der Waals surface area contributed by atoms with Crippen molar-refractivity contribution in [1.82, 2.24) is 4.72 Å². The fourth-order valence-electron chi connectivity index (χ4n) is 3.16. The Hall–Kier alpha value is -3.16. The zero-order valence-electron chi connectivity index (χ0n) is 16.7. The second-order valence-corrected chi connectivity index (χ2v) is 8.73. The number of carboxylic acid groups (broad SMARTS) is 1. The summed E-state index contributed by atoms with van der Waals surface area (Å²) in [5.74, 6) is -1.19. The smallest absolute Gasteiger partial charge is 0.335 e. The summed E-state index contributed by atoms with van der Waals surface area (Å²) in [4.78, 5) is 11.3. The Morgan fingerprint density at radius 1 is 0.833 bits per heavy atom. The summed E-state index contributed by atoms with van der Waals surface area (Å²) < 4.78 is 29.0. The Morgan fingerprint density at radius 2 is 1.37 bits per heavy atom. The highest BCUT2D eigenvalue weighted by Crippen LogP contribution is 2.28. The van der Waals surface area contributed by atoms with E-state index in [0.717, 1.165) is 11.1 Å². The lowest BCUT2D eigenvalue weighted by Crippen LogP contribution is -2.28. The number of benzene rings is 3. The second-order valence-electron chi connectivity index (χ2n) is 7.05. The van der Waals surface area contributed by atoms with E-state index in [4.69, 9.17) is 0 Å². The average molecular weight is 425 g/mol. The number of hydrogen-bond acceptors (Lipinski definition) is 4. The molecule has 0 aliphatic carbocycles. The molecule has 3 aromatic carbocycles. The molecule has 0 radical (unpaired) electrons. The van der Waals surface area contributed by atoms with Crippen LogP contribution in [-0.4, -0.2) is 19.5 Å². The average Bonchev–Trinajstić information content (AvgIpc) is 2.74. The van der Waals surface area contributed by atoms with Crippen LogP contribution in [0.4, 0.5) is 5.69 Å². The molecule has 0 saturated heterocycles. The third kappa shape index (κ3) is 5.06. The van der Waals surface area contributed by atoms with Gasteiger partial charge in [0.2, 0.25) is 10.0 Å². The van der Waals surface area contributed by atoms with E-state index in [0.29, 0.717) is 5.69 Å². The molecule has 3 N–H and O–H groups in total. The summed E-state index contributed by atoms with van der Waals surface area (Å²) in [6.45, 7) is 3.66. The molecule has 3 rings (SSSR count). The van der Waals surface area contributed by atoms with E-state index in [-0.39, 0.29) is 16.5 Å². The van der Waals surface area contributed by atoms with Crippen molar-refractivity contribution < 1.29 is 18.3 Å². The van der Waals surface area contributed by atoms with E-state index >= 15 is 0 Å². The third-order valence-corrected chi connectivity index (χ3v) is 6.40. The van der Waals surface area contributed by atoms with Crippen LogP contribution in [0, 0.1) is 0 Å². The summed E-state index contributed by atoms with van der Waals surface area (Å²) >= 11 is 0. The maximum Gasteiger partial charge on any atom is 0.335 e. The lowest BCUT2D eigenvalue weighted by atomic mass is 10.1. The Morgan fingerprint density at radius 3 is 1.90 bits per heavy atom. The molecule has 0 spiro atoms. The zero-order chi connectivity index (χ0) is 21.7. The molecule has 156 valence electrons. The first-order valence-corrected chi connectivity index (χ1v) is 11.0. The first-order valence-electron chi connectivity index (χ1n) is 9.54. The Bertz CT molecular complexity index is 1120. The summed E-state index contributed by atoms with van der Waals surface area (Å²) in [6.07, 6.45) is 0. The van der Waals surface area contributed by atoms with Crippen LogP contribution in [-0.2, 0) is 10.0 Å². The molecule has 6 nitrogen and oxygen atoms in total. The van der Waals surface area contributed by atoms with Crippen LogP contribution in [0.5, 0.6) is 0 Å². The van der Waals surface area contributed by atoms with Gasteiger partial charge in [-0.25, -0.2) is 17.9 Å². The van der Waals surface area contributed by atoms with Gasteiger partial charge in [-0.3, -0.25) is 0 Å². The zero-order valence-corrected chi connectivity index (χ0v) is 17.6. The molecule has 0 aliphatic heterocycles. The highest BCUT2D eigenvalue weighted by Gasteiger charge is 2.24. The van der Waals surface area contributed by atoms with Crippen molar-refractivity contribution in [2.24, 2.45) is 0 Å². The van der Waals surface area contributed by atoms with Crippen molar-refractivity contribution in [2.45, 2.75) is 30.8 Å². The number of carbonyl (C=O) groups is 1. The number of sulfonamides is 1. The first kappa shape index (κ1) is 21.5. The minimum absolute atomic E-state index is 0.0966. The largest absolute Gasteiger partial charge is 0.478 e. The van der Waals surface area contributed by atoms with Gasteiger partial charge in [0.05, 0.1) is 11.3 Å². The number of carboxylic acids is 1. The number of hydrogen-bond donors (Lipinski definition) is 3. The highest BCUT2D eigenvalue weighted by molar-refractivity contribution is 7.89. The predicted molar refractivity (Wildman–Crippen MR) is 117 cm³/mol. The van der Waals surface area contributed by atoms with Gasteiger partial charge in [-0.2, -0.15) is 0 Å². The second kappa shape index (κ2) is 9.11. The fourth-order valence-corrected chi connectivity index (χ4v) is 4.59. The molecule has 0 amide bonds. The van der Waals surface area contributed by atoms with Gasteiger partial charge in [0.1, 0.15) is 4.90 Å². The Balaban J connectivity index is 1.96. The van der Waals surface area contributed by atoms with Crippen molar-refractivity contribution in [1.29, 1.82) is 0 Å². The number of nitrogens with one attached hydrogen (secondary N) is 2. The molecule has 30 heavy (non-hydrogen) atoms. The molecule has 0 unspecified atom stereocenters. The Kier molecular flexibility index (Phi) is 6.54. The maximum atomic E-state index is 13.2. The van der Waals surface area contributed by atoms with E-state index in [9.17, 15) is 18.3 Å². The van der Waals surface area contributed by atoms with Gasteiger partial charge >= 0.3 is 5.97 Å². The van der Waals surface area contributed by atoms with Gasteiger partial charge in [-0.05, 0) is 43.2 Å². The third-order valence-electron chi connectivity index (χ3n) is 4.82. The van der Waals surface area contributed by atoms with Crippen LogP contribution in [0.2, 0.25) is 0 Å². The fraction of sp³-hybridized carbons (Fsp3) is 0.174. The van der Waals surface area contributed by atoms with E-state index in [2.05, 4.69) is 10.0 Å². The quantitative estimate of drug-likeness (QED) is 0.491. The lowest BCUT2D eigenvalue weighted by molar-refractivity contribution is 0.0696. The SMILES string of the molecule is C[C@H](Nc1ccc(C(=O)O)cc1S(=O)(=O)N[C@H](C)c1ccccc1)c1ccccc1. The normalized spacial score (nSPS) is 13.4. The first-order chi connectivity index (χ1) is 14.3. The number of aromatic carboxylic acids is 1. The number of rotatable bonds is 8. The molecule has 0 fully saturated rings. The van der Waals surface area contributed by atoms with Crippen LogP contribution < -0.4 is 10.0 Å². The van der Waals surface area contributed by atoms with E-state index < -0.39 is 22.0 Å². The number of anilines is 1. The summed E-state index contributed by atoms with van der Waals surface area (Å²) in [6, 6.07) is 22.2. The minimum atomic E-state index is -4.00. The van der Waals surface area contributed by atoms with Crippen LogP contribution in [0.1, 0.15) is 47.4 Å². The van der Waals surface area contributed by atoms with Gasteiger partial charge < -0.3 is 10.4 Å². The summed E-state index contributed by atoms with van der Waals surface area (Å²) in [5.41, 5.74) is 2.03. The molecule has 7 heteroatoms. The molecule has 0 heterocycles. The van der Waals surface area contributed by atoms with Gasteiger partial charge in [-0.1, -0.05) is 60.7 Å². The summed E-state index contributed by atoms with van der Waals surface area (Å²) in [5, 5.41) is 12.5. The van der Waals surface area contributed by atoms with E-state index in [1.54, 1.807) is 6.92 Å². The summed E-state index contributed by atoms with van der Waals surface area (Å²) in [7, 11) is -4.00. The minimum Gasteiger partial charge on any atom is -0.478 e. The van der Waals surface area contributed by atoms with Crippen molar-refractivity contribution in [3.05, 3.63) is 95.6 Å². The molecular weight excluding hydrogens is 400 g/mol. The molecule has 0 bridgehead atoms. The van der Waals surface area contributed by atoms with Gasteiger partial charge in [-0.15, -0.1) is 0 Å². The predicted octanol–water partition coefficient (Wildman–Crippen LogP) is 4.60. The van der Waals surface area contributed by atoms with Crippen LogP contribution in [0.15, 0.2) is 83.8 Å². The van der Waals surface area contributed by atoms with Gasteiger partial charge in [0.15, 0.2) is 0 Å². The topological polar surface area (TPSA) is 95.5 Å². The molecular formula is C23H24N2O4S. The molecule has 0 aliphatic rings. The van der Waals surface area contributed by atoms with Crippen molar-refractivity contribution >= 4 is 21.7 Å². The lowest BCUT2D eigenvalue weighted by Gasteiger charge is -2.21. The van der Waals surface area contributed by atoms with E-state index in [1.807, 2.05) is 67.6 Å². The van der Waals surface area contributed by atoms with Gasteiger partial charge in [0, 0.05) is 12.1 Å². The van der Waals surface area contributed by atoms with Crippen LogP contribution in [0.3, 0.4) is 0 Å². The van der Waals surface area contributed by atoms with E-state index in [1.165, 1.54) is 18.2 Å². The van der Waals surface area contributed by atoms with Crippen molar-refractivity contribution in [3.63, 3.8) is 0 Å². The molecule has 0 saturated carbocycles. The maximum absolute atomic E-state index is 13.2. The standard InChI is InChI=1S/C23H24N2O4S/c1-16(18-9-5-3-6-10-18)24-21-14-13-20(23(26)27)15-22(21)30(28,29)25-17(2)19-11-7-4-8-12-19/h3-17,24-25H,1-2H3,(H,26,27)/t16-,17+/m0/s1. The van der Waals surface area contributed by atoms with Gasteiger partial charge in [0.25, 0.3) is 0 Å². The highest BCUT2D eigenvalue weighted by atomic mass is 32.2.